The summed E-state index contributed by atoms with van der Waals surface area (Å²) < 4.78 is 14.2. The third-order valence-corrected chi connectivity index (χ3v) is 4.69. The van der Waals surface area contributed by atoms with Crippen LogP contribution in [0, 0.1) is 12.8 Å². The highest BCUT2D eigenvalue weighted by Gasteiger charge is 2.32. The van der Waals surface area contributed by atoms with Crippen LogP contribution in [0.4, 0.5) is 4.39 Å². The fourth-order valence-electron chi connectivity index (χ4n) is 3.49. The third kappa shape index (κ3) is 3.43. The normalized spacial score (nSPS) is 27.1. The van der Waals surface area contributed by atoms with Crippen LogP contribution in [-0.4, -0.2) is 24.3 Å². The van der Waals surface area contributed by atoms with Crippen LogP contribution in [0.3, 0.4) is 0 Å². The predicted molar refractivity (Wildman–Crippen MR) is 95.7 cm³/mol. The SMILES string of the molecule is CCCC(F)C1=NC(NC2c3cc(C)ccc3C[C@@H]2C)N=C(N)N1. The summed E-state index contributed by atoms with van der Waals surface area (Å²) in [5.41, 5.74) is 9.71. The number of guanidine groups is 1. The van der Waals surface area contributed by atoms with Gasteiger partial charge in [-0.2, -0.15) is 0 Å². The number of amidine groups is 1. The van der Waals surface area contributed by atoms with Gasteiger partial charge in [0.05, 0.1) is 0 Å². The summed E-state index contributed by atoms with van der Waals surface area (Å²) >= 11 is 0. The second-order valence-corrected chi connectivity index (χ2v) is 6.81. The van der Waals surface area contributed by atoms with Crippen LogP contribution in [0.1, 0.15) is 49.4 Å². The molecule has 0 amide bonds. The first-order chi connectivity index (χ1) is 11.5. The molecule has 1 aromatic rings. The lowest BCUT2D eigenvalue weighted by molar-refractivity contribution is 0.360. The maximum Gasteiger partial charge on any atom is 0.200 e. The van der Waals surface area contributed by atoms with Crippen LogP contribution in [0.2, 0.25) is 0 Å². The number of rotatable bonds is 5. The van der Waals surface area contributed by atoms with E-state index >= 15 is 0 Å². The van der Waals surface area contributed by atoms with E-state index in [0.29, 0.717) is 12.3 Å². The molecular formula is C18H26FN5. The van der Waals surface area contributed by atoms with Crippen LogP contribution in [-0.2, 0) is 6.42 Å². The first kappa shape index (κ1) is 16.9. The number of aryl methyl sites for hydroxylation is 1. The molecule has 0 radical (unpaired) electrons. The lowest BCUT2D eigenvalue weighted by Gasteiger charge is -2.26. The minimum absolute atomic E-state index is 0.147. The molecule has 0 saturated heterocycles. The summed E-state index contributed by atoms with van der Waals surface area (Å²) in [6.07, 6.45) is 0.520. The molecule has 0 fully saturated rings. The number of alkyl halides is 1. The van der Waals surface area contributed by atoms with Gasteiger partial charge in [0, 0.05) is 6.04 Å². The lowest BCUT2D eigenvalue weighted by atomic mass is 10.0. The zero-order chi connectivity index (χ0) is 17.3. The number of benzene rings is 1. The molecule has 0 spiro atoms. The van der Waals surface area contributed by atoms with Crippen LogP contribution in [0.5, 0.6) is 0 Å². The summed E-state index contributed by atoms with van der Waals surface area (Å²) in [5, 5.41) is 6.20. The van der Waals surface area contributed by atoms with Crippen LogP contribution < -0.4 is 16.4 Å². The molecule has 24 heavy (non-hydrogen) atoms. The average molecular weight is 331 g/mol. The van der Waals surface area contributed by atoms with Gasteiger partial charge in [0.1, 0.15) is 5.84 Å². The largest absolute Gasteiger partial charge is 0.370 e. The van der Waals surface area contributed by atoms with Crippen molar-refractivity contribution < 1.29 is 4.39 Å². The van der Waals surface area contributed by atoms with Crippen molar-refractivity contribution >= 4 is 11.8 Å². The van der Waals surface area contributed by atoms with Gasteiger partial charge in [-0.25, -0.2) is 14.4 Å². The Kier molecular flexibility index (Phi) is 4.85. The van der Waals surface area contributed by atoms with Gasteiger partial charge in [-0.05, 0) is 36.8 Å². The molecular weight excluding hydrogens is 305 g/mol. The van der Waals surface area contributed by atoms with Gasteiger partial charge in [0.2, 0.25) is 0 Å². The summed E-state index contributed by atoms with van der Waals surface area (Å²) in [5.74, 6) is 0.923. The quantitative estimate of drug-likeness (QED) is 0.776. The molecule has 130 valence electrons. The fourth-order valence-corrected chi connectivity index (χ4v) is 3.49. The minimum atomic E-state index is -1.14. The van der Waals surface area contributed by atoms with E-state index in [4.69, 9.17) is 5.73 Å². The number of fused-ring (bicyclic) bond motifs is 1. The predicted octanol–water partition coefficient (Wildman–Crippen LogP) is 2.56. The second kappa shape index (κ2) is 6.89. The zero-order valence-corrected chi connectivity index (χ0v) is 14.5. The number of hydrogen-bond acceptors (Lipinski definition) is 5. The molecule has 5 nitrogen and oxygen atoms in total. The molecule has 1 heterocycles. The zero-order valence-electron chi connectivity index (χ0n) is 14.5. The highest BCUT2D eigenvalue weighted by atomic mass is 19.1. The van der Waals surface area contributed by atoms with Crippen LogP contribution in [0.25, 0.3) is 0 Å². The Morgan fingerprint density at radius 3 is 2.96 bits per heavy atom. The number of aliphatic imine (C=N–C) groups is 2. The molecule has 4 N–H and O–H groups in total. The van der Waals surface area contributed by atoms with Gasteiger partial charge in [-0.1, -0.05) is 44.0 Å². The number of nitrogens with zero attached hydrogens (tertiary/aromatic N) is 2. The topological polar surface area (TPSA) is 74.8 Å². The van der Waals surface area contributed by atoms with Crippen LogP contribution >= 0.6 is 0 Å². The van der Waals surface area contributed by atoms with Gasteiger partial charge in [0.15, 0.2) is 18.4 Å². The van der Waals surface area contributed by atoms with Gasteiger partial charge in [0.25, 0.3) is 0 Å². The fraction of sp³-hybridized carbons (Fsp3) is 0.556. The van der Waals surface area contributed by atoms with E-state index < -0.39 is 12.5 Å². The summed E-state index contributed by atoms with van der Waals surface area (Å²) in [6, 6.07) is 6.69. The van der Waals surface area contributed by atoms with E-state index in [2.05, 4.69) is 52.7 Å². The second-order valence-electron chi connectivity index (χ2n) is 6.81. The number of nitrogens with one attached hydrogen (secondary N) is 2. The molecule has 1 aromatic carbocycles. The Hall–Kier alpha value is -1.95. The van der Waals surface area contributed by atoms with Crippen molar-refractivity contribution in [2.45, 2.75) is 58.5 Å². The van der Waals surface area contributed by atoms with Crippen LogP contribution in [0.15, 0.2) is 28.2 Å². The van der Waals surface area contributed by atoms with E-state index in [9.17, 15) is 4.39 Å². The lowest BCUT2D eigenvalue weighted by Crippen LogP contribution is -2.48. The third-order valence-electron chi connectivity index (χ3n) is 4.69. The summed E-state index contributed by atoms with van der Waals surface area (Å²) in [7, 11) is 0. The molecule has 0 saturated carbocycles. The maximum absolute atomic E-state index is 14.2. The van der Waals surface area contributed by atoms with Crippen molar-refractivity contribution in [3.8, 4) is 0 Å². The summed E-state index contributed by atoms with van der Waals surface area (Å²) in [4.78, 5) is 8.68. The highest BCUT2D eigenvalue weighted by Crippen LogP contribution is 2.36. The molecule has 4 atom stereocenters. The Balaban J connectivity index is 1.80. The minimum Gasteiger partial charge on any atom is -0.370 e. The maximum atomic E-state index is 14.2. The van der Waals surface area contributed by atoms with E-state index in [-0.39, 0.29) is 17.8 Å². The first-order valence-corrected chi connectivity index (χ1v) is 8.65. The average Bonchev–Trinajstić information content (AvgIpc) is 2.83. The van der Waals surface area contributed by atoms with Crippen molar-refractivity contribution in [1.82, 2.24) is 10.6 Å². The smallest absolute Gasteiger partial charge is 0.200 e. The van der Waals surface area contributed by atoms with E-state index in [1.807, 2.05) is 6.92 Å². The number of halogens is 1. The molecule has 3 unspecified atom stereocenters. The Morgan fingerprint density at radius 1 is 1.42 bits per heavy atom. The molecule has 1 aliphatic carbocycles. The van der Waals surface area contributed by atoms with Gasteiger partial charge in [-0.3, -0.25) is 5.32 Å². The molecule has 0 bridgehead atoms. The van der Waals surface area contributed by atoms with Crippen molar-refractivity contribution in [3.05, 3.63) is 34.9 Å². The Labute approximate surface area is 142 Å². The Morgan fingerprint density at radius 2 is 2.21 bits per heavy atom. The monoisotopic (exact) mass is 331 g/mol. The van der Waals surface area contributed by atoms with Gasteiger partial charge in [-0.15, -0.1) is 0 Å². The van der Waals surface area contributed by atoms with Gasteiger partial charge < -0.3 is 11.1 Å². The summed E-state index contributed by atoms with van der Waals surface area (Å²) in [6.45, 7) is 6.25. The standard InChI is InChI=1S/C18H26FN5/c1-4-5-14(19)16-22-17(20)24-18(23-16)21-15-11(3)9-12-7-6-10(2)8-13(12)15/h6-8,11,14-15,18,21H,4-5,9H2,1-3H3,(H3,20,22,23,24)/t11-,14?,15?,18?/m0/s1. The van der Waals surface area contributed by atoms with Crippen molar-refractivity contribution in [3.63, 3.8) is 0 Å². The van der Waals surface area contributed by atoms with E-state index in [0.717, 1.165) is 12.8 Å². The van der Waals surface area contributed by atoms with Gasteiger partial charge >= 0.3 is 0 Å². The molecule has 0 aromatic heterocycles. The molecule has 6 heteroatoms. The number of nitrogens with two attached hydrogens (primary N) is 1. The molecule has 2 aliphatic rings. The first-order valence-electron chi connectivity index (χ1n) is 8.65. The Bertz CT molecular complexity index is 669. The molecule has 3 rings (SSSR count). The van der Waals surface area contributed by atoms with Crippen molar-refractivity contribution in [1.29, 1.82) is 0 Å². The van der Waals surface area contributed by atoms with Crippen molar-refractivity contribution in [2.24, 2.45) is 21.6 Å². The van der Waals surface area contributed by atoms with Crippen molar-refractivity contribution in [2.75, 3.05) is 0 Å². The highest BCUT2D eigenvalue weighted by molar-refractivity contribution is 6.02. The van der Waals surface area contributed by atoms with E-state index in [1.54, 1.807) is 0 Å². The number of hydrogen-bond donors (Lipinski definition) is 3. The van der Waals surface area contributed by atoms with E-state index in [1.165, 1.54) is 16.7 Å². The molecule has 1 aliphatic heterocycles.